The molecule has 158 valence electrons. The minimum atomic E-state index is -0.401. The van der Waals surface area contributed by atoms with Crippen molar-refractivity contribution < 1.29 is 19.1 Å². The van der Waals surface area contributed by atoms with Crippen molar-refractivity contribution >= 4 is 23.3 Å². The van der Waals surface area contributed by atoms with Gasteiger partial charge in [0.25, 0.3) is 5.91 Å². The van der Waals surface area contributed by atoms with Crippen molar-refractivity contribution in [3.8, 4) is 0 Å². The van der Waals surface area contributed by atoms with Crippen LogP contribution < -0.4 is 9.80 Å². The highest BCUT2D eigenvalue weighted by atomic mass is 16.5. The van der Waals surface area contributed by atoms with E-state index in [0.717, 1.165) is 39.4 Å². The molecule has 2 aromatic rings. The lowest BCUT2D eigenvalue weighted by Crippen LogP contribution is -2.48. The minimum absolute atomic E-state index is 0.00580. The van der Waals surface area contributed by atoms with Gasteiger partial charge in [0.2, 0.25) is 0 Å². The van der Waals surface area contributed by atoms with Gasteiger partial charge < -0.3 is 24.2 Å². The maximum absolute atomic E-state index is 12.8. The van der Waals surface area contributed by atoms with Gasteiger partial charge in [0.15, 0.2) is 0 Å². The Morgan fingerprint density at radius 3 is 1.77 bits per heavy atom. The predicted octanol–water partition coefficient (Wildman–Crippen LogP) is 2.27. The number of rotatable bonds is 4. The summed E-state index contributed by atoms with van der Waals surface area (Å²) in [6, 6.07) is 15.3. The van der Waals surface area contributed by atoms with Crippen LogP contribution >= 0.6 is 0 Å². The van der Waals surface area contributed by atoms with Gasteiger partial charge in [-0.1, -0.05) is 0 Å². The molecule has 2 heterocycles. The summed E-state index contributed by atoms with van der Waals surface area (Å²) in [7, 11) is 1.34. The van der Waals surface area contributed by atoms with Crippen molar-refractivity contribution in [2.24, 2.45) is 0 Å². The summed E-state index contributed by atoms with van der Waals surface area (Å²) < 4.78 is 10.1. The predicted molar refractivity (Wildman–Crippen MR) is 115 cm³/mol. The largest absolute Gasteiger partial charge is 0.465 e. The molecule has 0 aromatic heterocycles. The van der Waals surface area contributed by atoms with E-state index in [1.54, 1.807) is 24.3 Å². The third kappa shape index (κ3) is 4.41. The second-order valence-electron chi connectivity index (χ2n) is 7.46. The van der Waals surface area contributed by atoms with E-state index in [4.69, 9.17) is 9.47 Å². The van der Waals surface area contributed by atoms with Gasteiger partial charge in [-0.15, -0.1) is 0 Å². The van der Waals surface area contributed by atoms with E-state index < -0.39 is 5.97 Å². The topological polar surface area (TPSA) is 62.3 Å². The Bertz CT molecular complexity index is 868. The number of nitrogens with zero attached hydrogens (tertiary/aromatic N) is 3. The van der Waals surface area contributed by atoms with E-state index in [9.17, 15) is 9.59 Å². The van der Waals surface area contributed by atoms with Crippen LogP contribution in [0.15, 0.2) is 48.5 Å². The second kappa shape index (κ2) is 9.17. The summed E-state index contributed by atoms with van der Waals surface area (Å²) in [4.78, 5) is 30.9. The number of piperazine rings is 1. The van der Waals surface area contributed by atoms with Crippen molar-refractivity contribution in [1.29, 1.82) is 0 Å². The van der Waals surface area contributed by atoms with Crippen LogP contribution in [0, 0.1) is 0 Å². The molecule has 30 heavy (non-hydrogen) atoms. The Balaban J connectivity index is 1.33. The quantitative estimate of drug-likeness (QED) is 0.722. The van der Waals surface area contributed by atoms with Crippen LogP contribution in [0.4, 0.5) is 11.4 Å². The smallest absolute Gasteiger partial charge is 0.337 e. The Hall–Kier alpha value is -3.06. The van der Waals surface area contributed by atoms with Crippen molar-refractivity contribution in [2.45, 2.75) is 0 Å². The third-order valence-electron chi connectivity index (χ3n) is 5.71. The zero-order chi connectivity index (χ0) is 20.9. The van der Waals surface area contributed by atoms with Crippen LogP contribution in [0.5, 0.6) is 0 Å². The van der Waals surface area contributed by atoms with Crippen LogP contribution in [0.25, 0.3) is 0 Å². The lowest BCUT2D eigenvalue weighted by molar-refractivity contribution is 0.0599. The average molecular weight is 409 g/mol. The molecule has 7 heteroatoms. The molecule has 4 rings (SSSR count). The number of ether oxygens (including phenoxy) is 2. The fraction of sp³-hybridized carbons (Fsp3) is 0.391. The first-order valence-electron chi connectivity index (χ1n) is 10.3. The average Bonchev–Trinajstić information content (AvgIpc) is 2.84. The SMILES string of the molecule is COC(=O)c1ccc(C(=O)N2CCN(c3ccc(N4CCOCC4)cc3)CC2)cc1. The van der Waals surface area contributed by atoms with Gasteiger partial charge in [-0.2, -0.15) is 0 Å². The molecule has 0 saturated carbocycles. The lowest BCUT2D eigenvalue weighted by Gasteiger charge is -2.36. The molecule has 7 nitrogen and oxygen atoms in total. The molecule has 2 aliphatic heterocycles. The number of benzene rings is 2. The monoisotopic (exact) mass is 409 g/mol. The molecule has 0 atom stereocenters. The van der Waals surface area contributed by atoms with Gasteiger partial charge in [-0.25, -0.2) is 4.79 Å². The van der Waals surface area contributed by atoms with E-state index >= 15 is 0 Å². The summed E-state index contributed by atoms with van der Waals surface area (Å²) in [6.07, 6.45) is 0. The Labute approximate surface area is 176 Å². The first-order valence-corrected chi connectivity index (χ1v) is 10.3. The van der Waals surface area contributed by atoms with E-state index in [1.165, 1.54) is 18.5 Å². The van der Waals surface area contributed by atoms with Gasteiger partial charge in [-0.05, 0) is 48.5 Å². The molecular formula is C23H27N3O4. The molecular weight excluding hydrogens is 382 g/mol. The first-order chi connectivity index (χ1) is 14.7. The molecule has 2 aliphatic rings. The highest BCUT2D eigenvalue weighted by molar-refractivity contribution is 5.96. The molecule has 0 aliphatic carbocycles. The number of morpholine rings is 1. The molecule has 2 saturated heterocycles. The number of carbonyl (C=O) groups excluding carboxylic acids is 2. The number of hydrogen-bond acceptors (Lipinski definition) is 6. The lowest BCUT2D eigenvalue weighted by atomic mass is 10.1. The number of methoxy groups -OCH3 is 1. The highest BCUT2D eigenvalue weighted by Crippen LogP contribution is 2.23. The van der Waals surface area contributed by atoms with Gasteiger partial charge in [0, 0.05) is 56.2 Å². The first kappa shape index (κ1) is 20.2. The van der Waals surface area contributed by atoms with Gasteiger partial charge in [0.05, 0.1) is 25.9 Å². The summed E-state index contributed by atoms with van der Waals surface area (Å²) in [5.74, 6) is -0.406. The molecule has 0 spiro atoms. The Kier molecular flexibility index (Phi) is 6.18. The normalized spacial score (nSPS) is 17.0. The zero-order valence-corrected chi connectivity index (χ0v) is 17.3. The molecule has 0 radical (unpaired) electrons. The molecule has 0 N–H and O–H groups in total. The van der Waals surface area contributed by atoms with E-state index in [1.807, 2.05) is 4.90 Å². The second-order valence-corrected chi connectivity index (χ2v) is 7.46. The summed E-state index contributed by atoms with van der Waals surface area (Å²) in [5, 5.41) is 0. The van der Waals surface area contributed by atoms with Crippen LogP contribution in [0.1, 0.15) is 20.7 Å². The molecule has 1 amide bonds. The summed E-state index contributed by atoms with van der Waals surface area (Å²) in [6.45, 7) is 6.35. The van der Waals surface area contributed by atoms with Crippen molar-refractivity contribution in [3.05, 3.63) is 59.7 Å². The van der Waals surface area contributed by atoms with Crippen molar-refractivity contribution in [3.63, 3.8) is 0 Å². The zero-order valence-electron chi connectivity index (χ0n) is 17.3. The van der Waals surface area contributed by atoms with Crippen LogP contribution in [-0.2, 0) is 9.47 Å². The fourth-order valence-corrected chi connectivity index (χ4v) is 3.91. The summed E-state index contributed by atoms with van der Waals surface area (Å²) >= 11 is 0. The Morgan fingerprint density at radius 1 is 0.733 bits per heavy atom. The number of hydrogen-bond donors (Lipinski definition) is 0. The standard InChI is InChI=1S/C23H27N3O4/c1-29-23(28)19-4-2-18(3-5-19)22(27)26-12-10-24(11-13-26)20-6-8-21(9-7-20)25-14-16-30-17-15-25/h2-9H,10-17H2,1H3. The molecule has 0 unspecified atom stereocenters. The van der Waals surface area contributed by atoms with Crippen LogP contribution in [0.2, 0.25) is 0 Å². The van der Waals surface area contributed by atoms with E-state index in [-0.39, 0.29) is 5.91 Å². The number of amides is 1. The van der Waals surface area contributed by atoms with Crippen LogP contribution in [0.3, 0.4) is 0 Å². The van der Waals surface area contributed by atoms with E-state index in [0.29, 0.717) is 24.2 Å². The maximum atomic E-state index is 12.8. The number of carbonyl (C=O) groups is 2. The van der Waals surface area contributed by atoms with E-state index in [2.05, 4.69) is 34.1 Å². The number of anilines is 2. The van der Waals surface area contributed by atoms with Crippen molar-refractivity contribution in [2.75, 3.05) is 69.4 Å². The fourth-order valence-electron chi connectivity index (χ4n) is 3.91. The van der Waals surface area contributed by atoms with Gasteiger partial charge in [-0.3, -0.25) is 4.79 Å². The third-order valence-corrected chi connectivity index (χ3v) is 5.71. The molecule has 2 aromatic carbocycles. The van der Waals surface area contributed by atoms with Gasteiger partial charge >= 0.3 is 5.97 Å². The minimum Gasteiger partial charge on any atom is -0.465 e. The Morgan fingerprint density at radius 2 is 1.23 bits per heavy atom. The number of esters is 1. The maximum Gasteiger partial charge on any atom is 0.337 e. The highest BCUT2D eigenvalue weighted by Gasteiger charge is 2.23. The van der Waals surface area contributed by atoms with Crippen molar-refractivity contribution in [1.82, 2.24) is 4.90 Å². The van der Waals surface area contributed by atoms with Crippen LogP contribution in [-0.4, -0.2) is 76.4 Å². The van der Waals surface area contributed by atoms with Gasteiger partial charge in [0.1, 0.15) is 0 Å². The molecule has 2 fully saturated rings. The molecule has 0 bridgehead atoms. The summed E-state index contributed by atoms with van der Waals surface area (Å²) in [5.41, 5.74) is 3.44.